The first kappa shape index (κ1) is 24.3. The molecule has 0 aliphatic heterocycles. The van der Waals surface area contributed by atoms with Gasteiger partial charge in [-0.3, -0.25) is 9.59 Å². The summed E-state index contributed by atoms with van der Waals surface area (Å²) >= 11 is 0. The maximum atomic E-state index is 12.7. The summed E-state index contributed by atoms with van der Waals surface area (Å²) in [5, 5.41) is 14.6. The van der Waals surface area contributed by atoms with Crippen molar-refractivity contribution in [3.63, 3.8) is 0 Å². The van der Waals surface area contributed by atoms with Crippen LogP contribution in [0.2, 0.25) is 0 Å². The zero-order valence-corrected chi connectivity index (χ0v) is 19.3. The number of hydrogen-bond acceptors (Lipinski definition) is 4. The van der Waals surface area contributed by atoms with Gasteiger partial charge in [0.25, 0.3) is 0 Å². The van der Waals surface area contributed by atoms with Gasteiger partial charge in [-0.25, -0.2) is 4.79 Å². The van der Waals surface area contributed by atoms with Gasteiger partial charge in [0, 0.05) is 12.5 Å². The number of alkyl carbamates (subject to hydrolysis) is 1. The second-order valence-electron chi connectivity index (χ2n) is 8.76. The molecule has 0 aromatic heterocycles. The fourth-order valence-electron chi connectivity index (χ4n) is 4.30. The van der Waals surface area contributed by atoms with Crippen molar-refractivity contribution < 1.29 is 24.2 Å². The van der Waals surface area contributed by atoms with E-state index in [9.17, 15) is 19.5 Å². The van der Waals surface area contributed by atoms with Crippen LogP contribution in [0.4, 0.5) is 4.79 Å². The van der Waals surface area contributed by atoms with E-state index in [2.05, 4.69) is 22.8 Å². The second kappa shape index (κ2) is 11.0. The van der Waals surface area contributed by atoms with Gasteiger partial charge in [-0.15, -0.1) is 0 Å². The van der Waals surface area contributed by atoms with Crippen LogP contribution >= 0.6 is 0 Å². The van der Waals surface area contributed by atoms with E-state index in [0.717, 1.165) is 22.3 Å². The third-order valence-electron chi connectivity index (χ3n) is 6.08. The molecule has 0 saturated heterocycles. The predicted molar refractivity (Wildman–Crippen MR) is 126 cm³/mol. The first-order chi connectivity index (χ1) is 15.8. The number of carbonyl (C=O) groups excluding carboxylic acids is 2. The SMILES string of the molecule is CCCC(CNC(=O)[C@@H](NC(=O)OCC1c2ccccc2-c2ccccc21)C(C)C)C(=O)O. The van der Waals surface area contributed by atoms with E-state index >= 15 is 0 Å². The highest BCUT2D eigenvalue weighted by Gasteiger charge is 2.30. The third-order valence-corrected chi connectivity index (χ3v) is 6.08. The van der Waals surface area contributed by atoms with Crippen molar-refractivity contribution in [1.82, 2.24) is 10.6 Å². The molecule has 0 fully saturated rings. The van der Waals surface area contributed by atoms with Gasteiger partial charge in [0.1, 0.15) is 12.6 Å². The summed E-state index contributed by atoms with van der Waals surface area (Å²) in [6.07, 6.45) is 0.509. The van der Waals surface area contributed by atoms with Crippen molar-refractivity contribution >= 4 is 18.0 Å². The van der Waals surface area contributed by atoms with Crippen LogP contribution in [-0.4, -0.2) is 42.3 Å². The van der Waals surface area contributed by atoms with Gasteiger partial charge in [-0.1, -0.05) is 75.7 Å². The smallest absolute Gasteiger partial charge is 0.407 e. The Morgan fingerprint density at radius 2 is 1.58 bits per heavy atom. The number of amides is 2. The van der Waals surface area contributed by atoms with E-state index in [0.29, 0.717) is 12.8 Å². The van der Waals surface area contributed by atoms with Gasteiger partial charge in [0.05, 0.1) is 5.92 Å². The van der Waals surface area contributed by atoms with Crippen LogP contribution in [0.5, 0.6) is 0 Å². The molecule has 0 saturated carbocycles. The zero-order valence-electron chi connectivity index (χ0n) is 19.3. The number of aliphatic carboxylic acids is 1. The third kappa shape index (κ3) is 5.72. The Morgan fingerprint density at radius 3 is 2.09 bits per heavy atom. The molecule has 1 aliphatic rings. The first-order valence-corrected chi connectivity index (χ1v) is 11.5. The van der Waals surface area contributed by atoms with Gasteiger partial charge in [-0.05, 0) is 34.6 Å². The van der Waals surface area contributed by atoms with Crippen LogP contribution in [0.25, 0.3) is 11.1 Å². The molecule has 2 aromatic carbocycles. The van der Waals surface area contributed by atoms with E-state index in [1.54, 1.807) is 0 Å². The molecule has 7 heteroatoms. The minimum absolute atomic E-state index is 0.0254. The van der Waals surface area contributed by atoms with Crippen LogP contribution in [-0.2, 0) is 14.3 Å². The van der Waals surface area contributed by atoms with E-state index in [4.69, 9.17) is 4.74 Å². The quantitative estimate of drug-likeness (QED) is 0.502. The molecule has 1 unspecified atom stereocenters. The molecule has 0 bridgehead atoms. The second-order valence-corrected chi connectivity index (χ2v) is 8.76. The molecule has 0 heterocycles. The van der Waals surface area contributed by atoms with Crippen LogP contribution in [0.3, 0.4) is 0 Å². The molecule has 3 N–H and O–H groups in total. The lowest BCUT2D eigenvalue weighted by Gasteiger charge is -2.23. The lowest BCUT2D eigenvalue weighted by Crippen LogP contribution is -2.51. The maximum absolute atomic E-state index is 12.7. The highest BCUT2D eigenvalue weighted by Crippen LogP contribution is 2.44. The number of benzene rings is 2. The summed E-state index contributed by atoms with van der Waals surface area (Å²) in [5.74, 6) is -2.27. The van der Waals surface area contributed by atoms with Crippen molar-refractivity contribution in [2.75, 3.05) is 13.2 Å². The van der Waals surface area contributed by atoms with Gasteiger partial charge >= 0.3 is 12.1 Å². The number of carboxylic acids is 1. The molecule has 0 spiro atoms. The summed E-state index contributed by atoms with van der Waals surface area (Å²) in [5.41, 5.74) is 4.50. The Hall–Kier alpha value is -3.35. The summed E-state index contributed by atoms with van der Waals surface area (Å²) < 4.78 is 5.55. The van der Waals surface area contributed by atoms with Crippen molar-refractivity contribution in [3.05, 3.63) is 59.7 Å². The summed E-state index contributed by atoms with van der Waals surface area (Å²) in [4.78, 5) is 36.6. The summed E-state index contributed by atoms with van der Waals surface area (Å²) in [6.45, 7) is 5.71. The van der Waals surface area contributed by atoms with Crippen molar-refractivity contribution in [3.8, 4) is 11.1 Å². The average Bonchev–Trinajstić information content (AvgIpc) is 3.12. The number of carboxylic acid groups (broad SMARTS) is 1. The minimum Gasteiger partial charge on any atom is -0.481 e. The first-order valence-electron chi connectivity index (χ1n) is 11.5. The maximum Gasteiger partial charge on any atom is 0.407 e. The number of ether oxygens (including phenoxy) is 1. The van der Waals surface area contributed by atoms with Crippen molar-refractivity contribution in [1.29, 1.82) is 0 Å². The fraction of sp³-hybridized carbons (Fsp3) is 0.423. The Bertz CT molecular complexity index is 958. The number of carbonyl (C=O) groups is 3. The van der Waals surface area contributed by atoms with Crippen LogP contribution < -0.4 is 10.6 Å². The van der Waals surface area contributed by atoms with Gasteiger partial charge in [0.15, 0.2) is 0 Å². The molecule has 7 nitrogen and oxygen atoms in total. The van der Waals surface area contributed by atoms with E-state index < -0.39 is 29.9 Å². The predicted octanol–water partition coefficient (Wildman–Crippen LogP) is 4.17. The Morgan fingerprint density at radius 1 is 1.00 bits per heavy atom. The van der Waals surface area contributed by atoms with Crippen LogP contribution in [0.1, 0.15) is 50.7 Å². The molecule has 2 amide bonds. The largest absolute Gasteiger partial charge is 0.481 e. The average molecular weight is 453 g/mol. The van der Waals surface area contributed by atoms with Gasteiger partial charge in [0.2, 0.25) is 5.91 Å². The topological polar surface area (TPSA) is 105 Å². The standard InChI is InChI=1S/C26H32N2O5/c1-4-9-17(25(30)31)14-27-24(29)23(16(2)3)28-26(32)33-15-22-20-12-7-5-10-18(20)19-11-6-8-13-21(19)22/h5-8,10-13,16-17,22-23H,4,9,14-15H2,1-3H3,(H,27,29)(H,28,32)(H,30,31)/t17?,23-/m0/s1. The normalized spacial score (nSPS) is 14.2. The van der Waals surface area contributed by atoms with E-state index in [-0.39, 0.29) is 25.0 Å². The van der Waals surface area contributed by atoms with Gasteiger partial charge in [-0.2, -0.15) is 0 Å². The van der Waals surface area contributed by atoms with E-state index in [1.165, 1.54) is 0 Å². The molecule has 3 rings (SSSR count). The molecule has 1 aliphatic carbocycles. The molecule has 2 aromatic rings. The Balaban J connectivity index is 1.61. The van der Waals surface area contributed by atoms with Crippen LogP contribution in [0.15, 0.2) is 48.5 Å². The molecular weight excluding hydrogens is 420 g/mol. The lowest BCUT2D eigenvalue weighted by atomic mass is 9.98. The Kier molecular flexibility index (Phi) is 8.09. The fourth-order valence-corrected chi connectivity index (χ4v) is 4.30. The number of rotatable bonds is 10. The number of nitrogens with one attached hydrogen (secondary N) is 2. The summed E-state index contributed by atoms with van der Waals surface area (Å²) in [6, 6.07) is 15.3. The number of fused-ring (bicyclic) bond motifs is 3. The van der Waals surface area contributed by atoms with Crippen molar-refractivity contribution in [2.45, 2.75) is 45.6 Å². The lowest BCUT2D eigenvalue weighted by molar-refractivity contribution is -0.142. The molecular formula is C26H32N2O5. The van der Waals surface area contributed by atoms with Crippen LogP contribution in [0, 0.1) is 11.8 Å². The minimum atomic E-state index is -0.942. The molecule has 2 atom stereocenters. The zero-order chi connectivity index (χ0) is 24.0. The van der Waals surface area contributed by atoms with E-state index in [1.807, 2.05) is 57.2 Å². The number of hydrogen-bond donors (Lipinski definition) is 3. The molecule has 176 valence electrons. The highest BCUT2D eigenvalue weighted by molar-refractivity contribution is 5.86. The van der Waals surface area contributed by atoms with Crippen molar-refractivity contribution in [2.24, 2.45) is 11.8 Å². The monoisotopic (exact) mass is 452 g/mol. The Labute approximate surface area is 194 Å². The summed E-state index contributed by atoms with van der Waals surface area (Å²) in [7, 11) is 0. The van der Waals surface area contributed by atoms with Gasteiger partial charge < -0.3 is 20.5 Å². The molecule has 0 radical (unpaired) electrons. The molecule has 33 heavy (non-hydrogen) atoms. The highest BCUT2D eigenvalue weighted by atomic mass is 16.5.